The van der Waals surface area contributed by atoms with E-state index in [0.717, 1.165) is 19.3 Å². The van der Waals surface area contributed by atoms with Crippen LogP contribution in [0, 0.1) is 0 Å². The number of carbonyl (C=O) groups is 1. The van der Waals surface area contributed by atoms with Crippen molar-refractivity contribution in [2.24, 2.45) is 0 Å². The van der Waals surface area contributed by atoms with Crippen LogP contribution in [0.1, 0.15) is 30.9 Å². The van der Waals surface area contributed by atoms with Gasteiger partial charge in [-0.25, -0.2) is 0 Å². The molecular formula is C13H18OS. The Balaban J connectivity index is 2.46. The molecule has 0 spiro atoms. The second-order valence-electron chi connectivity index (χ2n) is 3.55. The molecule has 0 atom stereocenters. The summed E-state index contributed by atoms with van der Waals surface area (Å²) in [6.07, 6.45) is 5.61. The van der Waals surface area contributed by atoms with Gasteiger partial charge in [0.05, 0.1) is 0 Å². The van der Waals surface area contributed by atoms with Gasteiger partial charge in [-0.3, -0.25) is 4.79 Å². The van der Waals surface area contributed by atoms with Crippen LogP contribution in [0.25, 0.3) is 0 Å². The van der Waals surface area contributed by atoms with Crippen molar-refractivity contribution in [2.75, 3.05) is 6.26 Å². The van der Waals surface area contributed by atoms with Crippen LogP contribution in [0.4, 0.5) is 0 Å². The summed E-state index contributed by atoms with van der Waals surface area (Å²) in [6, 6.07) is 8.49. The molecule has 1 nitrogen and oxygen atoms in total. The number of benzene rings is 1. The molecule has 0 heterocycles. The maximum absolute atomic E-state index is 11.1. The van der Waals surface area contributed by atoms with Gasteiger partial charge in [0.15, 0.2) is 5.12 Å². The molecule has 82 valence electrons. The molecule has 2 heteroatoms. The van der Waals surface area contributed by atoms with Crippen LogP contribution in [0.5, 0.6) is 0 Å². The second-order valence-corrected chi connectivity index (χ2v) is 4.42. The Labute approximate surface area is 96.3 Å². The Bertz CT molecular complexity index is 320. The molecule has 0 aliphatic heterocycles. The lowest BCUT2D eigenvalue weighted by molar-refractivity contribution is -0.111. The lowest BCUT2D eigenvalue weighted by atomic mass is 10.0. The van der Waals surface area contributed by atoms with Gasteiger partial charge >= 0.3 is 0 Å². The third-order valence-electron chi connectivity index (χ3n) is 2.55. The summed E-state index contributed by atoms with van der Waals surface area (Å²) >= 11 is 1.33. The maximum atomic E-state index is 11.1. The van der Waals surface area contributed by atoms with E-state index < -0.39 is 0 Å². The number of carbonyl (C=O) groups excluding carboxylic acids is 1. The van der Waals surface area contributed by atoms with E-state index in [9.17, 15) is 4.79 Å². The minimum atomic E-state index is 0.295. The van der Waals surface area contributed by atoms with Gasteiger partial charge in [0, 0.05) is 6.42 Å². The van der Waals surface area contributed by atoms with E-state index in [-0.39, 0.29) is 0 Å². The Hall–Kier alpha value is -0.760. The average molecular weight is 222 g/mol. The summed E-state index contributed by atoms with van der Waals surface area (Å²) in [5.41, 5.74) is 2.81. The maximum Gasteiger partial charge on any atom is 0.188 e. The van der Waals surface area contributed by atoms with Crippen molar-refractivity contribution in [2.45, 2.75) is 32.6 Å². The predicted molar refractivity (Wildman–Crippen MR) is 67.3 cm³/mol. The molecule has 0 N–H and O–H groups in total. The third kappa shape index (κ3) is 4.08. The van der Waals surface area contributed by atoms with Crippen molar-refractivity contribution in [3.63, 3.8) is 0 Å². The minimum Gasteiger partial charge on any atom is -0.287 e. The second kappa shape index (κ2) is 6.67. The minimum absolute atomic E-state index is 0.295. The molecule has 0 aliphatic rings. The molecule has 0 aromatic heterocycles. The molecule has 1 rings (SSSR count). The molecule has 0 unspecified atom stereocenters. The molecule has 0 saturated heterocycles. The highest BCUT2D eigenvalue weighted by Crippen LogP contribution is 2.13. The number of aryl methyl sites for hydroxylation is 2. The fourth-order valence-electron chi connectivity index (χ4n) is 1.67. The van der Waals surface area contributed by atoms with E-state index in [0.29, 0.717) is 11.5 Å². The van der Waals surface area contributed by atoms with E-state index in [2.05, 4.69) is 31.2 Å². The van der Waals surface area contributed by atoms with Gasteiger partial charge in [-0.15, -0.1) is 0 Å². The van der Waals surface area contributed by atoms with Crippen LogP contribution in [0.3, 0.4) is 0 Å². The first-order chi connectivity index (χ1) is 7.27. The zero-order chi connectivity index (χ0) is 11.1. The Morgan fingerprint density at radius 3 is 2.53 bits per heavy atom. The SMILES string of the molecule is CCc1ccccc1CCCC(=O)SC. The summed E-state index contributed by atoms with van der Waals surface area (Å²) < 4.78 is 0. The quantitative estimate of drug-likeness (QED) is 0.759. The summed E-state index contributed by atoms with van der Waals surface area (Å²) in [6.45, 7) is 2.17. The molecule has 0 amide bonds. The Morgan fingerprint density at radius 2 is 1.93 bits per heavy atom. The van der Waals surface area contributed by atoms with Crippen molar-refractivity contribution in [1.82, 2.24) is 0 Å². The van der Waals surface area contributed by atoms with Gasteiger partial charge in [-0.05, 0) is 36.6 Å². The Kier molecular flexibility index (Phi) is 5.48. The first-order valence-corrected chi connectivity index (χ1v) is 6.64. The van der Waals surface area contributed by atoms with Crippen LogP contribution < -0.4 is 0 Å². The van der Waals surface area contributed by atoms with Crippen molar-refractivity contribution >= 4 is 16.9 Å². The standard InChI is InChI=1S/C13H18OS/c1-3-11-7-4-5-8-12(11)9-6-10-13(14)15-2/h4-5,7-8H,3,6,9-10H2,1-2H3. The highest BCUT2D eigenvalue weighted by atomic mass is 32.2. The van der Waals surface area contributed by atoms with Crippen molar-refractivity contribution in [1.29, 1.82) is 0 Å². The summed E-state index contributed by atoms with van der Waals surface area (Å²) in [4.78, 5) is 11.1. The number of hydrogen-bond acceptors (Lipinski definition) is 2. The molecule has 0 bridgehead atoms. The Morgan fingerprint density at radius 1 is 1.27 bits per heavy atom. The largest absolute Gasteiger partial charge is 0.287 e. The van der Waals surface area contributed by atoms with Crippen molar-refractivity contribution < 1.29 is 4.79 Å². The van der Waals surface area contributed by atoms with E-state index in [1.807, 2.05) is 6.26 Å². The molecular weight excluding hydrogens is 204 g/mol. The topological polar surface area (TPSA) is 17.1 Å². The monoisotopic (exact) mass is 222 g/mol. The summed E-state index contributed by atoms with van der Waals surface area (Å²) in [7, 11) is 0. The van der Waals surface area contributed by atoms with Gasteiger partial charge in [0.2, 0.25) is 0 Å². The normalized spacial score (nSPS) is 10.3. The predicted octanol–water partition coefficient (Wildman–Crippen LogP) is 3.46. The average Bonchev–Trinajstić information content (AvgIpc) is 2.29. The highest BCUT2D eigenvalue weighted by molar-refractivity contribution is 8.13. The molecule has 0 fully saturated rings. The lowest BCUT2D eigenvalue weighted by Gasteiger charge is -2.06. The molecule has 15 heavy (non-hydrogen) atoms. The highest BCUT2D eigenvalue weighted by Gasteiger charge is 2.02. The van der Waals surface area contributed by atoms with Crippen molar-refractivity contribution in [3.05, 3.63) is 35.4 Å². The van der Waals surface area contributed by atoms with Crippen LogP contribution in [-0.4, -0.2) is 11.4 Å². The molecule has 1 aromatic rings. The third-order valence-corrected chi connectivity index (χ3v) is 3.21. The van der Waals surface area contributed by atoms with Crippen LogP contribution in [0.15, 0.2) is 24.3 Å². The molecule has 0 radical (unpaired) electrons. The smallest absolute Gasteiger partial charge is 0.188 e. The molecule has 1 aromatic carbocycles. The number of thioether (sulfide) groups is 1. The zero-order valence-corrected chi connectivity index (χ0v) is 10.3. The summed E-state index contributed by atoms with van der Waals surface area (Å²) in [5.74, 6) is 0. The van der Waals surface area contributed by atoms with Crippen LogP contribution in [-0.2, 0) is 17.6 Å². The molecule has 0 aliphatic carbocycles. The fourth-order valence-corrected chi connectivity index (χ4v) is 2.02. The van der Waals surface area contributed by atoms with E-state index in [4.69, 9.17) is 0 Å². The summed E-state index contributed by atoms with van der Waals surface area (Å²) in [5, 5.41) is 0.295. The van der Waals surface area contributed by atoms with Gasteiger partial charge < -0.3 is 0 Å². The first-order valence-electron chi connectivity index (χ1n) is 5.41. The van der Waals surface area contributed by atoms with Gasteiger partial charge in [0.25, 0.3) is 0 Å². The van der Waals surface area contributed by atoms with E-state index in [1.165, 1.54) is 22.9 Å². The zero-order valence-electron chi connectivity index (χ0n) is 9.45. The van der Waals surface area contributed by atoms with Crippen LogP contribution >= 0.6 is 11.8 Å². The number of rotatable bonds is 5. The number of hydrogen-bond donors (Lipinski definition) is 0. The lowest BCUT2D eigenvalue weighted by Crippen LogP contribution is -1.96. The van der Waals surface area contributed by atoms with Gasteiger partial charge in [-0.1, -0.05) is 43.0 Å². The van der Waals surface area contributed by atoms with Crippen molar-refractivity contribution in [3.8, 4) is 0 Å². The van der Waals surface area contributed by atoms with Crippen LogP contribution in [0.2, 0.25) is 0 Å². The van der Waals surface area contributed by atoms with E-state index in [1.54, 1.807) is 0 Å². The fraction of sp³-hybridized carbons (Fsp3) is 0.462. The van der Waals surface area contributed by atoms with Gasteiger partial charge in [-0.2, -0.15) is 0 Å². The first kappa shape index (κ1) is 12.3. The molecule has 0 saturated carbocycles. The van der Waals surface area contributed by atoms with Gasteiger partial charge in [0.1, 0.15) is 0 Å². The van der Waals surface area contributed by atoms with E-state index >= 15 is 0 Å².